The van der Waals surface area contributed by atoms with Gasteiger partial charge in [0.2, 0.25) is 0 Å². The Bertz CT molecular complexity index is 699. The molecule has 2 rings (SSSR count). The van der Waals surface area contributed by atoms with E-state index in [1.165, 1.54) is 38.5 Å². The van der Waals surface area contributed by atoms with Crippen molar-refractivity contribution in [2.45, 2.75) is 0 Å². The zero-order valence-corrected chi connectivity index (χ0v) is 13.2. The Morgan fingerprint density at radius 3 is 2.22 bits per heavy atom. The van der Waals surface area contributed by atoms with Crippen LogP contribution in [0.1, 0.15) is 20.7 Å². The molecule has 0 saturated heterocycles. The summed E-state index contributed by atoms with van der Waals surface area (Å²) in [6.07, 6.45) is 0. The second kappa shape index (κ2) is 8.49. The summed E-state index contributed by atoms with van der Waals surface area (Å²) in [6, 6.07) is 7.38. The van der Waals surface area contributed by atoms with Gasteiger partial charge in [-0.1, -0.05) is 11.3 Å². The van der Waals surface area contributed by atoms with E-state index in [0.29, 0.717) is 5.56 Å². The number of nitro groups is 1. The number of ether oxygens (including phenoxy) is 2. The van der Waals surface area contributed by atoms with E-state index in [0.717, 1.165) is 11.3 Å². The maximum atomic E-state index is 11.2. The molecule has 0 unspecified atom stereocenters. The fourth-order valence-electron chi connectivity index (χ4n) is 1.48. The number of nitrogen functional groups attached to an aromatic ring is 1. The maximum Gasteiger partial charge on any atom is 0.339 e. The molecule has 2 aromatic rings. The number of carbonyl (C=O) groups excluding carboxylic acids is 2. The highest BCUT2D eigenvalue weighted by Crippen LogP contribution is 2.17. The van der Waals surface area contributed by atoms with Crippen LogP contribution < -0.4 is 5.73 Å². The molecule has 1 heterocycles. The Morgan fingerprint density at radius 1 is 1.17 bits per heavy atom. The SMILES string of the molecule is COC(=O)c1ccc(C(=O)OC)c(N)c1.O=[N+]([O-])c1cccs1. The summed E-state index contributed by atoms with van der Waals surface area (Å²) in [4.78, 5) is 31.8. The molecule has 23 heavy (non-hydrogen) atoms. The smallest absolute Gasteiger partial charge is 0.339 e. The van der Waals surface area contributed by atoms with Crippen LogP contribution in [0.25, 0.3) is 0 Å². The number of carbonyl (C=O) groups is 2. The molecule has 0 bridgehead atoms. The molecule has 0 aliphatic carbocycles. The topological polar surface area (TPSA) is 122 Å². The normalized spacial score (nSPS) is 9.30. The van der Waals surface area contributed by atoms with Gasteiger partial charge in [-0.25, -0.2) is 9.59 Å². The Kier molecular flexibility index (Phi) is 6.68. The van der Waals surface area contributed by atoms with Gasteiger partial charge in [0.1, 0.15) is 0 Å². The highest BCUT2D eigenvalue weighted by Gasteiger charge is 2.13. The van der Waals surface area contributed by atoms with Gasteiger partial charge in [0.05, 0.1) is 30.3 Å². The zero-order chi connectivity index (χ0) is 17.4. The Morgan fingerprint density at radius 2 is 1.83 bits per heavy atom. The number of hydrogen-bond donors (Lipinski definition) is 1. The fraction of sp³-hybridized carbons (Fsp3) is 0.143. The van der Waals surface area contributed by atoms with Crippen molar-refractivity contribution >= 4 is 34.0 Å². The Labute approximate surface area is 135 Å². The van der Waals surface area contributed by atoms with Crippen LogP contribution in [0.4, 0.5) is 10.7 Å². The minimum Gasteiger partial charge on any atom is -0.465 e. The van der Waals surface area contributed by atoms with Gasteiger partial charge in [0.25, 0.3) is 0 Å². The van der Waals surface area contributed by atoms with Gasteiger partial charge in [-0.2, -0.15) is 0 Å². The second-order valence-corrected chi connectivity index (χ2v) is 4.92. The largest absolute Gasteiger partial charge is 0.465 e. The molecule has 0 amide bonds. The average molecular weight is 338 g/mol. The summed E-state index contributed by atoms with van der Waals surface area (Å²) in [5.74, 6) is -1.04. The van der Waals surface area contributed by atoms with Gasteiger partial charge in [-0.15, -0.1) is 0 Å². The third kappa shape index (κ3) is 5.08. The number of nitrogens with two attached hydrogens (primary N) is 1. The van der Waals surface area contributed by atoms with Gasteiger partial charge in [-0.05, 0) is 29.6 Å². The lowest BCUT2D eigenvalue weighted by atomic mass is 10.1. The standard InChI is InChI=1S/C10H11NO4.C4H3NO2S/c1-14-9(12)6-3-4-7(8(11)5-6)10(13)15-2;6-5(7)4-2-1-3-8-4/h3-5H,11H2,1-2H3;1-3H. The van der Waals surface area contributed by atoms with E-state index >= 15 is 0 Å². The minimum atomic E-state index is -0.538. The first-order chi connectivity index (χ1) is 10.9. The van der Waals surface area contributed by atoms with Gasteiger partial charge in [0.15, 0.2) is 0 Å². The van der Waals surface area contributed by atoms with Crippen molar-refractivity contribution < 1.29 is 24.0 Å². The molecule has 0 aliphatic rings. The first-order valence-electron chi connectivity index (χ1n) is 6.14. The van der Waals surface area contributed by atoms with Crippen molar-refractivity contribution in [3.8, 4) is 0 Å². The number of benzene rings is 1. The molecule has 0 atom stereocenters. The van der Waals surface area contributed by atoms with Crippen molar-refractivity contribution in [1.82, 2.24) is 0 Å². The number of methoxy groups -OCH3 is 2. The molecule has 8 nitrogen and oxygen atoms in total. The molecule has 1 aromatic carbocycles. The quantitative estimate of drug-likeness (QED) is 0.395. The van der Waals surface area contributed by atoms with Crippen LogP contribution in [0.3, 0.4) is 0 Å². The molecular formula is C14H14N2O6S. The lowest BCUT2D eigenvalue weighted by Crippen LogP contribution is -2.08. The van der Waals surface area contributed by atoms with Crippen LogP contribution in [0, 0.1) is 10.1 Å². The molecule has 9 heteroatoms. The molecule has 2 N–H and O–H groups in total. The van der Waals surface area contributed by atoms with E-state index < -0.39 is 16.9 Å². The Balaban J connectivity index is 0.000000277. The minimum absolute atomic E-state index is 0.185. The van der Waals surface area contributed by atoms with Crippen LogP contribution >= 0.6 is 11.3 Å². The highest BCUT2D eigenvalue weighted by molar-refractivity contribution is 7.13. The van der Waals surface area contributed by atoms with E-state index in [1.54, 1.807) is 11.4 Å². The summed E-state index contributed by atoms with van der Waals surface area (Å²) in [7, 11) is 2.53. The van der Waals surface area contributed by atoms with Crippen molar-refractivity contribution in [2.75, 3.05) is 20.0 Å². The lowest BCUT2D eigenvalue weighted by molar-refractivity contribution is -0.380. The van der Waals surface area contributed by atoms with E-state index in [1.807, 2.05) is 0 Å². The third-order valence-electron chi connectivity index (χ3n) is 2.56. The van der Waals surface area contributed by atoms with Crippen molar-refractivity contribution in [3.05, 3.63) is 57.0 Å². The van der Waals surface area contributed by atoms with Gasteiger partial charge >= 0.3 is 16.9 Å². The summed E-state index contributed by atoms with van der Waals surface area (Å²) in [5.41, 5.74) is 6.29. The van der Waals surface area contributed by atoms with Crippen LogP contribution in [0.5, 0.6) is 0 Å². The predicted octanol–water partition coefficient (Wildman–Crippen LogP) is 2.50. The van der Waals surface area contributed by atoms with E-state index in [4.69, 9.17) is 5.73 Å². The van der Waals surface area contributed by atoms with E-state index in [9.17, 15) is 19.7 Å². The molecule has 0 radical (unpaired) electrons. The highest BCUT2D eigenvalue weighted by atomic mass is 32.1. The van der Waals surface area contributed by atoms with Gasteiger partial charge < -0.3 is 15.2 Å². The number of anilines is 1. The molecule has 122 valence electrons. The van der Waals surface area contributed by atoms with Crippen molar-refractivity contribution in [2.24, 2.45) is 0 Å². The Hall–Kier alpha value is -2.94. The number of hydrogen-bond acceptors (Lipinski definition) is 8. The van der Waals surface area contributed by atoms with Crippen LogP contribution in [-0.4, -0.2) is 31.1 Å². The summed E-state index contributed by atoms with van der Waals surface area (Å²) < 4.78 is 9.02. The zero-order valence-electron chi connectivity index (χ0n) is 12.3. The molecule has 0 saturated carbocycles. The van der Waals surface area contributed by atoms with Crippen LogP contribution in [0.2, 0.25) is 0 Å². The fourth-order valence-corrected chi connectivity index (χ4v) is 2.02. The maximum absolute atomic E-state index is 11.2. The molecule has 0 fully saturated rings. The monoisotopic (exact) mass is 338 g/mol. The number of rotatable bonds is 3. The second-order valence-electron chi connectivity index (χ2n) is 3.99. The van der Waals surface area contributed by atoms with Crippen molar-refractivity contribution in [3.63, 3.8) is 0 Å². The van der Waals surface area contributed by atoms with Crippen LogP contribution in [0.15, 0.2) is 35.7 Å². The average Bonchev–Trinajstić information content (AvgIpc) is 3.08. The van der Waals surface area contributed by atoms with Gasteiger partial charge in [-0.3, -0.25) is 10.1 Å². The van der Waals surface area contributed by atoms with Gasteiger partial charge in [0, 0.05) is 11.8 Å². The summed E-state index contributed by atoms with van der Waals surface area (Å²) in [6.45, 7) is 0. The van der Waals surface area contributed by atoms with E-state index in [-0.39, 0.29) is 16.3 Å². The summed E-state index contributed by atoms with van der Waals surface area (Å²) in [5, 5.41) is 11.8. The molecule has 0 spiro atoms. The molecule has 1 aromatic heterocycles. The number of nitrogens with zero attached hydrogens (tertiary/aromatic N) is 1. The lowest BCUT2D eigenvalue weighted by Gasteiger charge is -2.05. The first kappa shape index (κ1) is 18.1. The van der Waals surface area contributed by atoms with Crippen molar-refractivity contribution in [1.29, 1.82) is 0 Å². The first-order valence-corrected chi connectivity index (χ1v) is 7.02. The molecular weight excluding hydrogens is 324 g/mol. The molecule has 0 aliphatic heterocycles. The van der Waals surface area contributed by atoms with Crippen LogP contribution in [-0.2, 0) is 9.47 Å². The number of thiophene rings is 1. The van der Waals surface area contributed by atoms with E-state index in [2.05, 4.69) is 9.47 Å². The predicted molar refractivity (Wildman–Crippen MR) is 84.5 cm³/mol. The number of esters is 2. The third-order valence-corrected chi connectivity index (χ3v) is 3.38. The summed E-state index contributed by atoms with van der Waals surface area (Å²) >= 11 is 1.13.